The van der Waals surface area contributed by atoms with Crippen molar-refractivity contribution < 1.29 is 28.7 Å². The Balaban J connectivity index is 1.35. The van der Waals surface area contributed by atoms with Gasteiger partial charge in [-0.1, -0.05) is 48.5 Å². The highest BCUT2D eigenvalue weighted by atomic mass is 16.5. The molecule has 1 unspecified atom stereocenters. The topological polar surface area (TPSA) is 108 Å². The minimum Gasteiger partial charge on any atom is -0.497 e. The SMILES string of the molecule is COc1ccc(C(C(=O)Nc2ccc(N3CCOCC3)cc2)N(Cc2ccccc2C)C(=O)CN2C(=O)C(=O)c3ccccc32)cc1. The monoisotopic (exact) mass is 632 g/mol. The molecule has 0 radical (unpaired) electrons. The molecular formula is C37H36N4O6. The Morgan fingerprint density at radius 3 is 2.28 bits per heavy atom. The van der Waals surface area contributed by atoms with Crippen LogP contribution in [0.4, 0.5) is 17.1 Å². The molecule has 3 amide bonds. The van der Waals surface area contributed by atoms with Gasteiger partial charge in [0.1, 0.15) is 18.3 Å². The Hall–Kier alpha value is -5.48. The average molecular weight is 633 g/mol. The number of morpholine rings is 1. The lowest BCUT2D eigenvalue weighted by atomic mass is 10.0. The van der Waals surface area contributed by atoms with Crippen molar-refractivity contribution in [2.24, 2.45) is 0 Å². The third kappa shape index (κ3) is 6.73. The Morgan fingerprint density at radius 2 is 1.57 bits per heavy atom. The fourth-order valence-corrected chi connectivity index (χ4v) is 5.97. The van der Waals surface area contributed by atoms with Crippen molar-refractivity contribution in [2.75, 3.05) is 55.1 Å². The van der Waals surface area contributed by atoms with Crippen LogP contribution >= 0.6 is 0 Å². The second-order valence-electron chi connectivity index (χ2n) is 11.5. The molecule has 1 N–H and O–H groups in total. The normalized spacial score (nSPS) is 14.9. The molecule has 1 saturated heterocycles. The lowest BCUT2D eigenvalue weighted by Crippen LogP contribution is -2.46. The number of amides is 3. The lowest BCUT2D eigenvalue weighted by molar-refractivity contribution is -0.139. The predicted molar refractivity (Wildman–Crippen MR) is 179 cm³/mol. The van der Waals surface area contributed by atoms with Gasteiger partial charge in [-0.05, 0) is 72.1 Å². The van der Waals surface area contributed by atoms with Crippen LogP contribution < -0.4 is 19.9 Å². The van der Waals surface area contributed by atoms with Crippen LogP contribution in [-0.2, 0) is 25.7 Å². The minimum absolute atomic E-state index is 0.0865. The summed E-state index contributed by atoms with van der Waals surface area (Å²) < 4.78 is 10.8. The Bertz CT molecular complexity index is 1780. The van der Waals surface area contributed by atoms with Gasteiger partial charge in [0, 0.05) is 31.0 Å². The number of rotatable bonds is 10. The van der Waals surface area contributed by atoms with Crippen LogP contribution in [0, 0.1) is 6.92 Å². The van der Waals surface area contributed by atoms with Crippen molar-refractivity contribution in [3.05, 3.63) is 119 Å². The molecule has 0 aliphatic carbocycles. The van der Waals surface area contributed by atoms with E-state index in [0.29, 0.717) is 35.9 Å². The lowest BCUT2D eigenvalue weighted by Gasteiger charge is -2.33. The van der Waals surface area contributed by atoms with Gasteiger partial charge in [0.2, 0.25) is 5.91 Å². The second-order valence-corrected chi connectivity index (χ2v) is 11.5. The van der Waals surface area contributed by atoms with Gasteiger partial charge in [-0.15, -0.1) is 0 Å². The van der Waals surface area contributed by atoms with E-state index in [1.807, 2.05) is 55.5 Å². The first-order chi connectivity index (χ1) is 22.8. The van der Waals surface area contributed by atoms with Crippen molar-refractivity contribution in [1.29, 1.82) is 0 Å². The van der Waals surface area contributed by atoms with Crippen LogP contribution in [-0.4, -0.2) is 68.4 Å². The zero-order valence-corrected chi connectivity index (χ0v) is 26.3. The Kier molecular flexibility index (Phi) is 9.30. The van der Waals surface area contributed by atoms with E-state index in [9.17, 15) is 19.2 Å². The van der Waals surface area contributed by atoms with Crippen LogP contribution in [0.1, 0.15) is 33.1 Å². The number of hydrogen-bond acceptors (Lipinski definition) is 7. The highest BCUT2D eigenvalue weighted by Crippen LogP contribution is 2.32. The number of methoxy groups -OCH3 is 1. The fourth-order valence-electron chi connectivity index (χ4n) is 5.97. The molecule has 240 valence electrons. The van der Waals surface area contributed by atoms with Gasteiger partial charge < -0.3 is 24.6 Å². The molecule has 1 fully saturated rings. The first-order valence-corrected chi connectivity index (χ1v) is 15.5. The smallest absolute Gasteiger partial charge is 0.299 e. The first kappa shape index (κ1) is 31.5. The molecule has 6 rings (SSSR count). The molecule has 1 atom stereocenters. The van der Waals surface area contributed by atoms with Crippen molar-refractivity contribution in [1.82, 2.24) is 4.90 Å². The van der Waals surface area contributed by atoms with E-state index in [0.717, 1.165) is 29.9 Å². The van der Waals surface area contributed by atoms with Crippen LogP contribution in [0.15, 0.2) is 97.1 Å². The van der Waals surface area contributed by atoms with E-state index in [-0.39, 0.29) is 12.1 Å². The predicted octanol–water partition coefficient (Wildman–Crippen LogP) is 4.78. The number of ether oxygens (including phenoxy) is 2. The van der Waals surface area contributed by atoms with Crippen molar-refractivity contribution in [3.8, 4) is 5.75 Å². The summed E-state index contributed by atoms with van der Waals surface area (Å²) in [6, 6.07) is 27.7. The molecule has 47 heavy (non-hydrogen) atoms. The van der Waals surface area contributed by atoms with Gasteiger partial charge in [-0.25, -0.2) is 0 Å². The van der Waals surface area contributed by atoms with E-state index < -0.39 is 36.1 Å². The van der Waals surface area contributed by atoms with Crippen molar-refractivity contribution in [3.63, 3.8) is 0 Å². The van der Waals surface area contributed by atoms with Gasteiger partial charge in [-0.2, -0.15) is 0 Å². The summed E-state index contributed by atoms with van der Waals surface area (Å²) in [7, 11) is 1.56. The highest BCUT2D eigenvalue weighted by Gasteiger charge is 2.39. The maximum atomic E-state index is 14.4. The molecular weight excluding hydrogens is 596 g/mol. The van der Waals surface area contributed by atoms with Crippen LogP contribution in [0.3, 0.4) is 0 Å². The van der Waals surface area contributed by atoms with Gasteiger partial charge >= 0.3 is 0 Å². The molecule has 2 aliphatic rings. The van der Waals surface area contributed by atoms with E-state index in [2.05, 4.69) is 10.2 Å². The van der Waals surface area contributed by atoms with E-state index in [4.69, 9.17) is 9.47 Å². The number of aryl methyl sites for hydroxylation is 1. The number of anilines is 3. The number of para-hydroxylation sites is 1. The van der Waals surface area contributed by atoms with Gasteiger partial charge in [-0.3, -0.25) is 24.1 Å². The minimum atomic E-state index is -1.09. The first-order valence-electron chi connectivity index (χ1n) is 15.5. The van der Waals surface area contributed by atoms with Crippen LogP contribution in [0.2, 0.25) is 0 Å². The zero-order valence-electron chi connectivity index (χ0n) is 26.3. The fraction of sp³-hybridized carbons (Fsp3) is 0.243. The number of nitrogens with one attached hydrogen (secondary N) is 1. The number of hydrogen-bond donors (Lipinski definition) is 1. The quantitative estimate of drug-likeness (QED) is 0.251. The summed E-state index contributed by atoms with van der Waals surface area (Å²) in [5.41, 5.74) is 4.56. The van der Waals surface area contributed by atoms with Crippen LogP contribution in [0.5, 0.6) is 5.75 Å². The van der Waals surface area contributed by atoms with Crippen LogP contribution in [0.25, 0.3) is 0 Å². The number of nitrogens with zero attached hydrogens (tertiary/aromatic N) is 3. The van der Waals surface area contributed by atoms with Crippen molar-refractivity contribution >= 4 is 40.6 Å². The summed E-state index contributed by atoms with van der Waals surface area (Å²) in [5, 5.41) is 3.02. The molecule has 4 aromatic carbocycles. The summed E-state index contributed by atoms with van der Waals surface area (Å²) in [5.74, 6) is -1.77. The number of Topliss-reactive ketones (excluding diaryl/α,β-unsaturated/α-hetero) is 1. The van der Waals surface area contributed by atoms with E-state index in [1.165, 1.54) is 9.80 Å². The Morgan fingerprint density at radius 1 is 0.894 bits per heavy atom. The largest absolute Gasteiger partial charge is 0.497 e. The zero-order chi connectivity index (χ0) is 32.9. The van der Waals surface area contributed by atoms with Gasteiger partial charge in [0.15, 0.2) is 0 Å². The number of carbonyl (C=O) groups is 4. The molecule has 0 bridgehead atoms. The Labute approximate surface area is 273 Å². The maximum absolute atomic E-state index is 14.4. The summed E-state index contributed by atoms with van der Waals surface area (Å²) in [6.07, 6.45) is 0. The molecule has 2 heterocycles. The number of benzene rings is 4. The summed E-state index contributed by atoms with van der Waals surface area (Å²) >= 11 is 0. The molecule has 10 heteroatoms. The molecule has 10 nitrogen and oxygen atoms in total. The van der Waals surface area contributed by atoms with Crippen molar-refractivity contribution in [2.45, 2.75) is 19.5 Å². The number of fused-ring (bicyclic) bond motifs is 1. The summed E-state index contributed by atoms with van der Waals surface area (Å²) in [4.78, 5) is 59.4. The second kappa shape index (κ2) is 13.9. The standard InChI is InChI=1S/C37H36N4O6/c1-25-7-3-4-8-27(25)23-41(33(42)24-40-32-10-6-5-9-31(32)35(43)37(40)45)34(26-11-17-30(46-2)18-12-26)36(44)38-28-13-15-29(16-14-28)39-19-21-47-22-20-39/h3-18,34H,19-24H2,1-2H3,(H,38,44). The molecule has 2 aliphatic heterocycles. The molecule has 4 aromatic rings. The average Bonchev–Trinajstić information content (AvgIpc) is 3.34. The third-order valence-electron chi connectivity index (χ3n) is 8.60. The highest BCUT2D eigenvalue weighted by molar-refractivity contribution is 6.52. The molecule has 0 saturated carbocycles. The molecule has 0 aromatic heterocycles. The van der Waals surface area contributed by atoms with Gasteiger partial charge in [0.25, 0.3) is 17.6 Å². The number of ketones is 1. The maximum Gasteiger partial charge on any atom is 0.299 e. The molecule has 0 spiro atoms. The van der Waals surface area contributed by atoms with Gasteiger partial charge in [0.05, 0.1) is 31.6 Å². The van der Waals surface area contributed by atoms with E-state index in [1.54, 1.807) is 55.6 Å². The number of carbonyl (C=O) groups excluding carboxylic acids is 4. The van der Waals surface area contributed by atoms with E-state index >= 15 is 0 Å². The third-order valence-corrected chi connectivity index (χ3v) is 8.60. The summed E-state index contributed by atoms with van der Waals surface area (Å²) in [6.45, 7) is 4.51.